The van der Waals surface area contributed by atoms with E-state index in [1.54, 1.807) is 0 Å². The lowest BCUT2D eigenvalue weighted by atomic mass is 9.41. The summed E-state index contributed by atoms with van der Waals surface area (Å²) in [4.78, 5) is 0. The molecule has 4 rings (SSSR count). The molecule has 0 heterocycles. The molecule has 0 aliphatic heterocycles. The summed E-state index contributed by atoms with van der Waals surface area (Å²) in [7, 11) is 0. The molecule has 1 heteroatoms. The van der Waals surface area contributed by atoms with E-state index in [9.17, 15) is 5.11 Å². The Labute approximate surface area is 137 Å². The molecule has 0 amide bonds. The van der Waals surface area contributed by atoms with Gasteiger partial charge < -0.3 is 5.11 Å². The molecule has 0 aromatic rings. The Kier molecular flexibility index (Phi) is 3.34. The molecular weight excluding hydrogens is 268 g/mol. The van der Waals surface area contributed by atoms with Crippen molar-refractivity contribution in [2.45, 2.75) is 91.6 Å². The van der Waals surface area contributed by atoms with Gasteiger partial charge in [-0.1, -0.05) is 34.1 Å². The molecular formula is C21H36O. The minimum absolute atomic E-state index is 0.0811. The fourth-order valence-corrected chi connectivity index (χ4v) is 8.08. The maximum atomic E-state index is 10.6. The van der Waals surface area contributed by atoms with Gasteiger partial charge in [0, 0.05) is 0 Å². The minimum atomic E-state index is -0.0811. The van der Waals surface area contributed by atoms with Crippen LogP contribution in [-0.4, -0.2) is 11.2 Å². The van der Waals surface area contributed by atoms with Gasteiger partial charge in [-0.2, -0.15) is 0 Å². The number of aliphatic hydroxyl groups is 1. The maximum Gasteiger partial charge on any atom is 0.0594 e. The highest BCUT2D eigenvalue weighted by molar-refractivity contribution is 5.10. The Hall–Kier alpha value is -0.0400. The molecule has 0 radical (unpaired) electrons. The van der Waals surface area contributed by atoms with Gasteiger partial charge in [-0.3, -0.25) is 0 Å². The monoisotopic (exact) mass is 304 g/mol. The third-order valence-electron chi connectivity index (χ3n) is 9.36. The van der Waals surface area contributed by atoms with E-state index in [-0.39, 0.29) is 11.5 Å². The Balaban J connectivity index is 1.67. The molecule has 0 bridgehead atoms. The summed E-state index contributed by atoms with van der Waals surface area (Å²) in [6.45, 7) is 9.91. The molecule has 0 spiro atoms. The van der Waals surface area contributed by atoms with Crippen molar-refractivity contribution in [2.75, 3.05) is 0 Å². The van der Waals surface area contributed by atoms with Crippen LogP contribution in [0.1, 0.15) is 85.5 Å². The van der Waals surface area contributed by atoms with Crippen molar-refractivity contribution < 1.29 is 5.11 Å². The standard InChI is InChI=1S/C21H36O/c1-19(2)17-8-7-14-15-6-5-11-20(15,3)12-9-16(14)21(17,4)13-10-18(19)22/h14-18,22H,5-13H2,1-4H3/t14?,15?,16?,17?,18-,20?,21?/m0/s1. The first-order chi connectivity index (χ1) is 10.3. The van der Waals surface area contributed by atoms with Gasteiger partial charge >= 0.3 is 0 Å². The van der Waals surface area contributed by atoms with E-state index in [2.05, 4.69) is 27.7 Å². The van der Waals surface area contributed by atoms with Gasteiger partial charge in [0.2, 0.25) is 0 Å². The highest BCUT2D eigenvalue weighted by atomic mass is 16.3. The molecule has 4 saturated carbocycles. The summed E-state index contributed by atoms with van der Waals surface area (Å²) < 4.78 is 0. The summed E-state index contributed by atoms with van der Waals surface area (Å²) >= 11 is 0. The maximum absolute atomic E-state index is 10.6. The molecule has 7 atom stereocenters. The van der Waals surface area contributed by atoms with Crippen LogP contribution < -0.4 is 0 Å². The Morgan fingerprint density at radius 3 is 2.32 bits per heavy atom. The number of fused-ring (bicyclic) bond motifs is 5. The van der Waals surface area contributed by atoms with Crippen molar-refractivity contribution in [3.8, 4) is 0 Å². The quantitative estimate of drug-likeness (QED) is 0.634. The summed E-state index contributed by atoms with van der Waals surface area (Å²) in [5.41, 5.74) is 1.29. The van der Waals surface area contributed by atoms with E-state index in [4.69, 9.17) is 0 Å². The highest BCUT2D eigenvalue weighted by Gasteiger charge is 2.61. The van der Waals surface area contributed by atoms with Gasteiger partial charge in [0.25, 0.3) is 0 Å². The van der Waals surface area contributed by atoms with Crippen LogP contribution in [0.4, 0.5) is 0 Å². The molecule has 0 aromatic carbocycles. The zero-order valence-electron chi connectivity index (χ0n) is 15.2. The second-order valence-corrected chi connectivity index (χ2v) is 10.5. The topological polar surface area (TPSA) is 20.2 Å². The molecule has 4 aliphatic carbocycles. The van der Waals surface area contributed by atoms with Crippen LogP contribution >= 0.6 is 0 Å². The van der Waals surface area contributed by atoms with Crippen LogP contribution in [0.3, 0.4) is 0 Å². The fraction of sp³-hybridized carbons (Fsp3) is 1.00. The van der Waals surface area contributed by atoms with Crippen LogP contribution in [0.5, 0.6) is 0 Å². The molecule has 22 heavy (non-hydrogen) atoms. The molecule has 4 aliphatic rings. The first-order valence-corrected chi connectivity index (χ1v) is 9.97. The van der Waals surface area contributed by atoms with Crippen LogP contribution in [0.25, 0.3) is 0 Å². The zero-order valence-corrected chi connectivity index (χ0v) is 15.2. The second-order valence-electron chi connectivity index (χ2n) is 10.5. The third kappa shape index (κ3) is 1.87. The Morgan fingerprint density at radius 2 is 1.55 bits per heavy atom. The molecule has 1 nitrogen and oxygen atoms in total. The second kappa shape index (κ2) is 4.74. The van der Waals surface area contributed by atoms with E-state index in [0.29, 0.717) is 10.8 Å². The number of hydrogen-bond donors (Lipinski definition) is 1. The van der Waals surface area contributed by atoms with E-state index in [1.165, 1.54) is 51.4 Å². The summed E-state index contributed by atoms with van der Waals surface area (Å²) in [6, 6.07) is 0. The Morgan fingerprint density at radius 1 is 0.773 bits per heavy atom. The molecule has 0 saturated heterocycles. The lowest BCUT2D eigenvalue weighted by Crippen LogP contribution is -2.58. The molecule has 126 valence electrons. The van der Waals surface area contributed by atoms with Crippen LogP contribution in [-0.2, 0) is 0 Å². The first-order valence-electron chi connectivity index (χ1n) is 9.97. The van der Waals surface area contributed by atoms with Gasteiger partial charge in [0.15, 0.2) is 0 Å². The van der Waals surface area contributed by atoms with Gasteiger partial charge in [-0.05, 0) is 91.3 Å². The molecule has 4 fully saturated rings. The van der Waals surface area contributed by atoms with Crippen LogP contribution in [0.15, 0.2) is 0 Å². The van der Waals surface area contributed by atoms with Crippen molar-refractivity contribution in [3.05, 3.63) is 0 Å². The molecule has 0 aromatic heterocycles. The Bertz CT molecular complexity index is 455. The zero-order chi connectivity index (χ0) is 15.8. The third-order valence-corrected chi connectivity index (χ3v) is 9.36. The molecule has 6 unspecified atom stereocenters. The van der Waals surface area contributed by atoms with Gasteiger partial charge in [-0.25, -0.2) is 0 Å². The van der Waals surface area contributed by atoms with Crippen molar-refractivity contribution in [1.82, 2.24) is 0 Å². The van der Waals surface area contributed by atoms with Crippen molar-refractivity contribution in [2.24, 2.45) is 39.9 Å². The summed E-state index contributed by atoms with van der Waals surface area (Å²) in [6.07, 6.45) is 12.5. The van der Waals surface area contributed by atoms with Crippen molar-refractivity contribution >= 4 is 0 Å². The predicted molar refractivity (Wildman–Crippen MR) is 91.5 cm³/mol. The van der Waals surface area contributed by atoms with Crippen LogP contribution in [0.2, 0.25) is 0 Å². The fourth-order valence-electron chi connectivity index (χ4n) is 8.08. The summed E-state index contributed by atoms with van der Waals surface area (Å²) in [5.74, 6) is 3.68. The summed E-state index contributed by atoms with van der Waals surface area (Å²) in [5, 5.41) is 10.6. The lowest BCUT2D eigenvalue weighted by molar-refractivity contribution is -0.175. The van der Waals surface area contributed by atoms with Gasteiger partial charge in [0.1, 0.15) is 0 Å². The van der Waals surface area contributed by atoms with E-state index in [1.807, 2.05) is 0 Å². The van der Waals surface area contributed by atoms with Gasteiger partial charge in [-0.15, -0.1) is 0 Å². The first kappa shape index (κ1) is 15.5. The van der Waals surface area contributed by atoms with E-state index in [0.717, 1.165) is 30.1 Å². The predicted octanol–water partition coefficient (Wildman–Crippen LogP) is 5.42. The number of rotatable bonds is 0. The van der Waals surface area contributed by atoms with E-state index < -0.39 is 0 Å². The number of hydrogen-bond acceptors (Lipinski definition) is 1. The van der Waals surface area contributed by atoms with Gasteiger partial charge in [0.05, 0.1) is 6.10 Å². The normalized spacial score (nSPS) is 56.9. The molecule has 1 N–H and O–H groups in total. The SMILES string of the molecule is CC12CCCC1C1CCC3C(C)(CC[C@H](O)C3(C)C)C1CC2. The lowest BCUT2D eigenvalue weighted by Gasteiger charge is -2.64. The van der Waals surface area contributed by atoms with E-state index >= 15 is 0 Å². The largest absolute Gasteiger partial charge is 0.393 e. The van der Waals surface area contributed by atoms with Crippen LogP contribution in [0, 0.1) is 39.9 Å². The van der Waals surface area contributed by atoms with Crippen molar-refractivity contribution in [3.63, 3.8) is 0 Å². The number of aliphatic hydroxyl groups excluding tert-OH is 1. The minimum Gasteiger partial charge on any atom is -0.393 e. The van der Waals surface area contributed by atoms with Crippen molar-refractivity contribution in [1.29, 1.82) is 0 Å². The smallest absolute Gasteiger partial charge is 0.0594 e. The highest BCUT2D eigenvalue weighted by Crippen LogP contribution is 2.68. The average molecular weight is 305 g/mol. The average Bonchev–Trinajstić information content (AvgIpc) is 2.85.